The lowest BCUT2D eigenvalue weighted by molar-refractivity contribution is -0.133. The number of carbonyl (C=O) groups is 2. The number of aromatic nitrogens is 3. The third-order valence-electron chi connectivity index (χ3n) is 7.20. The number of rotatable bonds is 9. The maximum Gasteiger partial charge on any atom is 0.390 e. The molecule has 1 aliphatic rings. The number of nitrogens with one attached hydrogen (secondary N) is 2. The van der Waals surface area contributed by atoms with Crippen molar-refractivity contribution in [3.05, 3.63) is 57.7 Å². The van der Waals surface area contributed by atoms with E-state index in [9.17, 15) is 22.8 Å². The first kappa shape index (κ1) is 30.1. The zero-order chi connectivity index (χ0) is 30.0. The predicted molar refractivity (Wildman–Crippen MR) is 154 cm³/mol. The summed E-state index contributed by atoms with van der Waals surface area (Å²) in [5, 5.41) is 14.5. The van der Waals surface area contributed by atoms with Gasteiger partial charge >= 0.3 is 6.18 Å². The highest BCUT2D eigenvalue weighted by atomic mass is 35.5. The van der Waals surface area contributed by atoms with Gasteiger partial charge in [0.05, 0.1) is 27.7 Å². The van der Waals surface area contributed by atoms with Gasteiger partial charge in [-0.05, 0) is 57.0 Å². The topological polar surface area (TPSA) is 105 Å². The van der Waals surface area contributed by atoms with Crippen molar-refractivity contribution in [3.63, 3.8) is 0 Å². The van der Waals surface area contributed by atoms with Crippen LogP contribution < -0.4 is 10.6 Å². The summed E-state index contributed by atoms with van der Waals surface area (Å²) in [4.78, 5) is 29.3. The molecule has 0 atom stereocenters. The van der Waals surface area contributed by atoms with Crippen LogP contribution in [-0.2, 0) is 6.54 Å². The molecule has 1 aliphatic heterocycles. The molecule has 4 aromatic rings. The normalized spacial score (nSPS) is 15.0. The van der Waals surface area contributed by atoms with Gasteiger partial charge in [0.25, 0.3) is 11.8 Å². The molecule has 2 amide bonds. The summed E-state index contributed by atoms with van der Waals surface area (Å²) < 4.78 is 45.4. The van der Waals surface area contributed by atoms with Crippen LogP contribution in [0.15, 0.2) is 40.9 Å². The lowest BCUT2D eigenvalue weighted by Crippen LogP contribution is -2.46. The third kappa shape index (κ3) is 7.13. The number of carbonyl (C=O) groups excluding carboxylic acids is 2. The molecule has 2 N–H and O–H groups in total. The molecular formula is C28H30ClF3N6O3S. The Labute approximate surface area is 249 Å². The summed E-state index contributed by atoms with van der Waals surface area (Å²) in [7, 11) is 0. The first-order valence-electron chi connectivity index (χ1n) is 13.6. The Kier molecular flexibility index (Phi) is 8.90. The minimum absolute atomic E-state index is 0.0303. The van der Waals surface area contributed by atoms with Crippen LogP contribution in [0.2, 0.25) is 4.34 Å². The van der Waals surface area contributed by atoms with Gasteiger partial charge in [0.15, 0.2) is 11.5 Å². The van der Waals surface area contributed by atoms with Gasteiger partial charge in [0.1, 0.15) is 5.69 Å². The Morgan fingerprint density at radius 1 is 1.14 bits per heavy atom. The number of fused-ring (bicyclic) bond motifs is 1. The van der Waals surface area contributed by atoms with E-state index in [2.05, 4.69) is 39.6 Å². The molecule has 0 aliphatic carbocycles. The number of thiophene rings is 1. The number of hydrogen-bond donors (Lipinski definition) is 2. The van der Waals surface area contributed by atoms with Crippen molar-refractivity contribution in [3.8, 4) is 10.6 Å². The number of nitrogens with zero attached hydrogens (tertiary/aromatic N) is 4. The monoisotopic (exact) mass is 622 g/mol. The lowest BCUT2D eigenvalue weighted by Gasteiger charge is -2.34. The van der Waals surface area contributed by atoms with Crippen LogP contribution in [-0.4, -0.2) is 69.5 Å². The number of hydrogen-bond acceptors (Lipinski definition) is 7. The molecule has 4 heterocycles. The lowest BCUT2D eigenvalue weighted by atomic mass is 10.0. The van der Waals surface area contributed by atoms with Crippen molar-refractivity contribution in [1.82, 2.24) is 30.5 Å². The smallest absolute Gasteiger partial charge is 0.355 e. The molecule has 1 aromatic carbocycles. The predicted octanol–water partition coefficient (Wildman–Crippen LogP) is 5.74. The number of benzene rings is 1. The highest BCUT2D eigenvalue weighted by Crippen LogP contribution is 2.32. The van der Waals surface area contributed by atoms with Crippen LogP contribution in [0.3, 0.4) is 0 Å². The van der Waals surface area contributed by atoms with Gasteiger partial charge in [0.2, 0.25) is 0 Å². The Bertz CT molecular complexity index is 1570. The molecule has 224 valence electrons. The quantitative estimate of drug-likeness (QED) is 0.247. The fraction of sp³-hybridized carbons (Fsp3) is 0.429. The summed E-state index contributed by atoms with van der Waals surface area (Å²) in [6, 6.07) is 10.4. The van der Waals surface area contributed by atoms with E-state index in [1.165, 1.54) is 23.5 Å². The number of likely N-dealkylation sites (tertiary alicyclic amines) is 1. The second-order valence-corrected chi connectivity index (χ2v) is 12.2. The number of alkyl halides is 3. The highest BCUT2D eigenvalue weighted by molar-refractivity contribution is 7.19. The van der Waals surface area contributed by atoms with Crippen LogP contribution in [0, 0.1) is 0 Å². The van der Waals surface area contributed by atoms with Crippen LogP contribution in [0.4, 0.5) is 13.2 Å². The highest BCUT2D eigenvalue weighted by Gasteiger charge is 2.28. The van der Waals surface area contributed by atoms with Gasteiger partial charge < -0.3 is 20.1 Å². The molecule has 1 saturated heterocycles. The van der Waals surface area contributed by atoms with Gasteiger partial charge in [-0.3, -0.25) is 14.3 Å². The summed E-state index contributed by atoms with van der Waals surface area (Å²) in [5.74, 6) is -0.510. The number of halogens is 4. The molecule has 42 heavy (non-hydrogen) atoms. The third-order valence-corrected chi connectivity index (χ3v) is 8.45. The van der Waals surface area contributed by atoms with Crippen LogP contribution >= 0.6 is 22.9 Å². The molecule has 0 spiro atoms. The molecule has 5 rings (SSSR count). The number of piperidine rings is 1. The van der Waals surface area contributed by atoms with Gasteiger partial charge in [-0.1, -0.05) is 16.8 Å². The van der Waals surface area contributed by atoms with Gasteiger partial charge in [-0.15, -0.1) is 11.3 Å². The Morgan fingerprint density at radius 3 is 2.57 bits per heavy atom. The first-order valence-corrected chi connectivity index (χ1v) is 14.8. The fourth-order valence-electron chi connectivity index (χ4n) is 4.95. The van der Waals surface area contributed by atoms with E-state index in [1.54, 1.807) is 22.9 Å². The average Bonchev–Trinajstić information content (AvgIpc) is 3.67. The molecule has 3 aromatic heterocycles. The Morgan fingerprint density at radius 2 is 1.90 bits per heavy atom. The van der Waals surface area contributed by atoms with Crippen LogP contribution in [0.25, 0.3) is 21.5 Å². The van der Waals surface area contributed by atoms with Gasteiger partial charge in [-0.2, -0.15) is 18.3 Å². The van der Waals surface area contributed by atoms with E-state index in [0.29, 0.717) is 32.7 Å². The van der Waals surface area contributed by atoms with Crippen molar-refractivity contribution in [2.45, 2.75) is 57.9 Å². The van der Waals surface area contributed by atoms with Crippen molar-refractivity contribution in [1.29, 1.82) is 0 Å². The van der Waals surface area contributed by atoms with Crippen molar-refractivity contribution in [2.75, 3.05) is 19.6 Å². The molecular weight excluding hydrogens is 593 g/mol. The molecule has 14 heteroatoms. The molecule has 0 saturated carbocycles. The van der Waals surface area contributed by atoms with Gasteiger partial charge in [0, 0.05) is 48.7 Å². The summed E-state index contributed by atoms with van der Waals surface area (Å²) in [5.41, 5.74) is 1.36. The SMILES string of the molecule is CC(C)N1CCC(NC(=O)c2nn(Cc3cc(-c4ccc(Cl)s4)on3)c3ccc(C(=O)NCCC(F)(F)F)cc23)CC1. The first-order chi connectivity index (χ1) is 20.0. The van der Waals surface area contributed by atoms with E-state index in [4.69, 9.17) is 16.1 Å². The molecule has 0 bridgehead atoms. The second kappa shape index (κ2) is 12.4. The van der Waals surface area contributed by atoms with E-state index in [1.807, 2.05) is 6.07 Å². The van der Waals surface area contributed by atoms with Crippen molar-refractivity contribution < 1.29 is 27.3 Å². The average molecular weight is 623 g/mol. The summed E-state index contributed by atoms with van der Waals surface area (Å²) >= 11 is 7.40. The van der Waals surface area contributed by atoms with E-state index < -0.39 is 25.0 Å². The van der Waals surface area contributed by atoms with Crippen molar-refractivity contribution in [2.24, 2.45) is 0 Å². The van der Waals surface area contributed by atoms with E-state index >= 15 is 0 Å². The molecule has 0 unspecified atom stereocenters. The summed E-state index contributed by atoms with van der Waals surface area (Å²) in [6.45, 7) is 5.64. The molecule has 9 nitrogen and oxygen atoms in total. The standard InChI is InChI=1S/C28H30ClF3N6O3S/c1-16(2)37-11-7-18(8-12-37)34-27(40)25-20-13-17(26(39)33-10-9-28(30,31)32)3-4-21(20)38(35-25)15-19-14-22(41-36-19)23-5-6-24(29)42-23/h3-6,13-14,16,18H,7-12,15H2,1-2H3,(H,33,39)(H,34,40). The van der Waals surface area contributed by atoms with E-state index in [0.717, 1.165) is 30.8 Å². The minimum Gasteiger partial charge on any atom is -0.355 e. The van der Waals surface area contributed by atoms with Crippen LogP contribution in [0.1, 0.15) is 59.7 Å². The molecule has 0 radical (unpaired) electrons. The van der Waals surface area contributed by atoms with E-state index in [-0.39, 0.29) is 29.8 Å². The Hall–Kier alpha value is -3.42. The zero-order valence-electron chi connectivity index (χ0n) is 23.0. The maximum absolute atomic E-state index is 13.5. The summed E-state index contributed by atoms with van der Waals surface area (Å²) in [6.07, 6.45) is -3.93. The number of amides is 2. The fourth-order valence-corrected chi connectivity index (χ4v) is 5.94. The second-order valence-electron chi connectivity index (χ2n) is 10.5. The Balaban J connectivity index is 1.40. The van der Waals surface area contributed by atoms with Crippen LogP contribution in [0.5, 0.6) is 0 Å². The maximum atomic E-state index is 13.5. The minimum atomic E-state index is -4.38. The largest absolute Gasteiger partial charge is 0.390 e. The molecule has 1 fully saturated rings. The van der Waals surface area contributed by atoms with Crippen molar-refractivity contribution >= 4 is 45.7 Å². The van der Waals surface area contributed by atoms with Gasteiger partial charge in [-0.25, -0.2) is 0 Å². The zero-order valence-corrected chi connectivity index (χ0v) is 24.6.